The molecule has 1 saturated heterocycles. The summed E-state index contributed by atoms with van der Waals surface area (Å²) in [4.78, 5) is 38.8. The lowest BCUT2D eigenvalue weighted by Gasteiger charge is -2.16. The molecule has 0 radical (unpaired) electrons. The Kier molecular flexibility index (Phi) is 25.8. The second kappa shape index (κ2) is 28.8. The van der Waals surface area contributed by atoms with Gasteiger partial charge in [-0.05, 0) is 80.5 Å². The smallest absolute Gasteiger partial charge is 0.293 e. The first-order valence-corrected chi connectivity index (χ1v) is 17.2. The van der Waals surface area contributed by atoms with Gasteiger partial charge in [0.1, 0.15) is 0 Å². The van der Waals surface area contributed by atoms with Crippen molar-refractivity contribution in [1.29, 1.82) is 0 Å². The Morgan fingerprint density at radius 2 is 1.60 bits per heavy atom. The Morgan fingerprint density at radius 3 is 2.12 bits per heavy atom. The minimum absolute atomic E-state index is 0.114. The van der Waals surface area contributed by atoms with Crippen molar-refractivity contribution in [2.75, 3.05) is 38.7 Å². The van der Waals surface area contributed by atoms with Crippen LogP contribution in [0, 0.1) is 31.5 Å². The second-order valence-corrected chi connectivity index (χ2v) is 11.2. The number of terminal acetylenes is 2. The van der Waals surface area contributed by atoms with Crippen molar-refractivity contribution in [3.05, 3.63) is 101 Å². The highest BCUT2D eigenvalue weighted by Crippen LogP contribution is 2.38. The fourth-order valence-electron chi connectivity index (χ4n) is 4.10. The number of benzene rings is 3. The van der Waals surface area contributed by atoms with Crippen molar-refractivity contribution in [2.45, 2.75) is 56.6 Å². The number of anilines is 1. The number of rotatable bonds is 8. The van der Waals surface area contributed by atoms with E-state index < -0.39 is 0 Å². The second-order valence-electron chi connectivity index (χ2n) is 9.87. The van der Waals surface area contributed by atoms with Crippen LogP contribution in [-0.2, 0) is 14.3 Å². The minimum atomic E-state index is -0.319. The molecule has 0 spiro atoms. The molecule has 1 aliphatic heterocycles. The van der Waals surface area contributed by atoms with Crippen molar-refractivity contribution >= 4 is 40.6 Å². The summed E-state index contributed by atoms with van der Waals surface area (Å²) in [5.74, 6) is 0.0852. The van der Waals surface area contributed by atoms with Crippen molar-refractivity contribution in [1.82, 2.24) is 9.88 Å². The zero-order valence-corrected chi connectivity index (χ0v) is 30.3. The first-order chi connectivity index (χ1) is 24.4. The number of nitrogens with one attached hydrogen (secondary N) is 2. The van der Waals surface area contributed by atoms with E-state index >= 15 is 0 Å². The Balaban J connectivity index is 0.000000676. The van der Waals surface area contributed by atoms with Crippen molar-refractivity contribution in [3.63, 3.8) is 0 Å². The number of aromatic amines is 1. The van der Waals surface area contributed by atoms with Gasteiger partial charge < -0.3 is 24.7 Å². The topological polar surface area (TPSA) is 101 Å². The number of halogens is 1. The quantitative estimate of drug-likeness (QED) is 0.142. The number of amides is 1. The fraction of sp³-hybridized carbons (Fsp3) is 0.325. The van der Waals surface area contributed by atoms with Gasteiger partial charge in [-0.3, -0.25) is 14.4 Å². The summed E-state index contributed by atoms with van der Waals surface area (Å²) in [6, 6.07) is 24.3. The van der Waals surface area contributed by atoms with Gasteiger partial charge in [0.15, 0.2) is 11.6 Å². The lowest BCUT2D eigenvalue weighted by Crippen LogP contribution is -2.32. The van der Waals surface area contributed by atoms with Gasteiger partial charge in [0.05, 0.1) is 20.3 Å². The third-order valence-corrected chi connectivity index (χ3v) is 7.89. The minimum Gasteiger partial charge on any atom is -0.494 e. The number of hydrogen-bond acceptors (Lipinski definition) is 7. The Labute approximate surface area is 301 Å². The van der Waals surface area contributed by atoms with E-state index in [1.807, 2.05) is 48.7 Å². The lowest BCUT2D eigenvalue weighted by atomic mass is 10.1. The third-order valence-electron chi connectivity index (χ3n) is 6.54. The molecule has 10 heteroatoms. The molecule has 8 nitrogen and oxygen atoms in total. The van der Waals surface area contributed by atoms with E-state index in [1.165, 1.54) is 30.9 Å². The van der Waals surface area contributed by atoms with Crippen LogP contribution < -0.4 is 15.6 Å². The molecule has 1 saturated carbocycles. The predicted octanol–water partition coefficient (Wildman–Crippen LogP) is 8.04. The van der Waals surface area contributed by atoms with Crippen LogP contribution in [0.1, 0.15) is 46.5 Å². The third kappa shape index (κ3) is 18.4. The summed E-state index contributed by atoms with van der Waals surface area (Å²) in [6.07, 6.45) is 22.7. The molecule has 6 rings (SSSR count). The fourth-order valence-corrected chi connectivity index (χ4v) is 5.18. The molecule has 1 amide bonds. The van der Waals surface area contributed by atoms with E-state index in [2.05, 4.69) is 75.8 Å². The number of carbonyl (C=O) groups excluding carboxylic acids is 2. The SMILES string of the molecule is C#C.C#C.CC.CCOC=O.COc1ccccc1F.O=C(CNc1ccc2cc[nH]c(=O)c2c1)N1CCCC1.c1ccc(SC2CC2)cc1. The number of ether oxygens (including phenoxy) is 2. The number of likely N-dealkylation sites (tertiary alicyclic amines) is 1. The van der Waals surface area contributed by atoms with Crippen molar-refractivity contribution in [2.24, 2.45) is 0 Å². The van der Waals surface area contributed by atoms with Gasteiger partial charge in [-0.25, -0.2) is 4.39 Å². The number of methoxy groups -OCH3 is 1. The summed E-state index contributed by atoms with van der Waals surface area (Å²) in [5.41, 5.74) is 0.679. The van der Waals surface area contributed by atoms with Gasteiger partial charge in [0, 0.05) is 40.5 Å². The molecule has 1 aliphatic carbocycles. The van der Waals surface area contributed by atoms with Crippen LogP contribution in [0.25, 0.3) is 10.8 Å². The monoisotopic (exact) mass is 703 g/mol. The zero-order valence-electron chi connectivity index (χ0n) is 29.5. The standard InChI is InChI=1S/C15H17N3O2.C9H10S.C7H7FO.C3H6O2.C2H6.2C2H2/c19-14(18-7-1-2-8-18)10-17-12-4-3-11-5-6-16-15(20)13(11)9-12;1-2-4-8(5-3-1)10-9-6-7-9;1-9-7-5-3-2-4-6(7)8;1-2-5-3-4;3*1-2/h3-6,9,17H,1-2,7-8,10H2,(H,16,20);1-5,9H,6-7H2;2-5H,1H3;3H,2H2,1H3;1-2H3;2*1-2H. The molecule has 3 aromatic carbocycles. The van der Waals surface area contributed by atoms with Crippen LogP contribution in [0.4, 0.5) is 10.1 Å². The normalized spacial score (nSPS) is 11.8. The van der Waals surface area contributed by atoms with Gasteiger partial charge in [-0.15, -0.1) is 37.5 Å². The number of pyridine rings is 1. The number of aromatic nitrogens is 1. The molecule has 0 bridgehead atoms. The van der Waals surface area contributed by atoms with Gasteiger partial charge in [0.2, 0.25) is 5.91 Å². The molecule has 4 aromatic rings. The van der Waals surface area contributed by atoms with Crippen LogP contribution in [0.5, 0.6) is 5.75 Å². The average molecular weight is 704 g/mol. The van der Waals surface area contributed by atoms with E-state index in [9.17, 15) is 18.8 Å². The van der Waals surface area contributed by atoms with E-state index in [0.29, 0.717) is 18.5 Å². The zero-order chi connectivity index (χ0) is 37.6. The molecule has 2 N–H and O–H groups in total. The molecule has 268 valence electrons. The van der Waals surface area contributed by atoms with Crippen LogP contribution in [0.15, 0.2) is 94.7 Å². The largest absolute Gasteiger partial charge is 0.494 e. The average Bonchev–Trinajstić information content (AvgIpc) is 3.81. The molecule has 0 unspecified atom stereocenters. The summed E-state index contributed by atoms with van der Waals surface area (Å²) in [6.45, 7) is 8.66. The van der Waals surface area contributed by atoms with E-state index in [0.717, 1.165) is 42.3 Å². The van der Waals surface area contributed by atoms with Crippen LogP contribution in [-0.4, -0.2) is 60.9 Å². The maximum absolute atomic E-state index is 12.5. The van der Waals surface area contributed by atoms with Gasteiger partial charge in [-0.2, -0.15) is 0 Å². The highest BCUT2D eigenvalue weighted by Gasteiger charge is 2.22. The van der Waals surface area contributed by atoms with E-state index in [1.54, 1.807) is 37.4 Å². The highest BCUT2D eigenvalue weighted by atomic mass is 32.2. The molecule has 50 heavy (non-hydrogen) atoms. The number of nitrogens with zero attached hydrogens (tertiary/aromatic N) is 1. The predicted molar refractivity (Wildman–Crippen MR) is 206 cm³/mol. The molecular weight excluding hydrogens is 654 g/mol. The van der Waals surface area contributed by atoms with Crippen molar-refractivity contribution < 1.29 is 23.5 Å². The van der Waals surface area contributed by atoms with Gasteiger partial charge in [-0.1, -0.05) is 50.2 Å². The first kappa shape index (κ1) is 44.8. The molecule has 2 heterocycles. The number of carbonyl (C=O) groups is 2. The van der Waals surface area contributed by atoms with E-state index in [4.69, 9.17) is 0 Å². The van der Waals surface area contributed by atoms with Gasteiger partial charge >= 0.3 is 0 Å². The number of H-pyrrole nitrogens is 1. The number of thioether (sulfide) groups is 1. The van der Waals surface area contributed by atoms with Crippen molar-refractivity contribution in [3.8, 4) is 31.4 Å². The van der Waals surface area contributed by atoms with E-state index in [-0.39, 0.29) is 29.6 Å². The molecule has 0 atom stereocenters. The summed E-state index contributed by atoms with van der Waals surface area (Å²) < 4.78 is 21.3. The maximum atomic E-state index is 12.5. The molecular formula is C40H50FN3O5S. The summed E-state index contributed by atoms with van der Waals surface area (Å²) >= 11 is 2.01. The maximum Gasteiger partial charge on any atom is 0.293 e. The number of para-hydroxylation sites is 1. The van der Waals surface area contributed by atoms with Crippen LogP contribution in [0.2, 0.25) is 0 Å². The van der Waals surface area contributed by atoms with Crippen LogP contribution >= 0.6 is 11.8 Å². The molecule has 1 aromatic heterocycles. The van der Waals surface area contributed by atoms with Crippen LogP contribution in [0.3, 0.4) is 0 Å². The number of hydrogen-bond donors (Lipinski definition) is 2. The highest BCUT2D eigenvalue weighted by molar-refractivity contribution is 8.00. The first-order valence-electron chi connectivity index (χ1n) is 16.3. The Bertz CT molecular complexity index is 1580. The Morgan fingerprint density at radius 1 is 0.980 bits per heavy atom. The number of fused-ring (bicyclic) bond motifs is 1. The lowest BCUT2D eigenvalue weighted by molar-refractivity contribution is -0.129. The summed E-state index contributed by atoms with van der Waals surface area (Å²) in [7, 11) is 1.44. The summed E-state index contributed by atoms with van der Waals surface area (Å²) in [5, 5.41) is 5.55. The van der Waals surface area contributed by atoms with Gasteiger partial charge in [0.25, 0.3) is 12.0 Å². The Hall–Kier alpha value is -5.19. The molecule has 2 aliphatic rings. The molecule has 2 fully saturated rings.